The highest BCUT2D eigenvalue weighted by molar-refractivity contribution is 5.52. The molecule has 2 heterocycles. The van der Waals surface area contributed by atoms with Crippen LogP contribution in [0.1, 0.15) is 67.3 Å². The second-order valence-corrected chi connectivity index (χ2v) is 11.7. The van der Waals surface area contributed by atoms with Crippen LogP contribution in [0.4, 0.5) is 27.6 Å². The number of hydrogen-bond acceptors (Lipinski definition) is 4. The number of fused-ring (bicyclic) bond motifs is 1. The molecule has 1 fully saturated rings. The number of nitrogens with zero attached hydrogens (tertiary/aromatic N) is 2. The van der Waals surface area contributed by atoms with Crippen LogP contribution in [0.2, 0.25) is 0 Å². The smallest absolute Gasteiger partial charge is 0.401 e. The molecule has 0 radical (unpaired) electrons. The third kappa shape index (κ3) is 8.06. The van der Waals surface area contributed by atoms with Crippen molar-refractivity contribution in [3.63, 3.8) is 0 Å². The van der Waals surface area contributed by atoms with Gasteiger partial charge in [0.05, 0.1) is 12.6 Å². The molecule has 1 unspecified atom stereocenters. The highest BCUT2D eigenvalue weighted by Crippen LogP contribution is 2.43. The molecule has 0 amide bonds. The summed E-state index contributed by atoms with van der Waals surface area (Å²) < 4.78 is 79.5. The maximum atomic E-state index is 16.0. The molecular weight excluding hydrogens is 561 g/mol. The highest BCUT2D eigenvalue weighted by atomic mass is 19.4. The highest BCUT2D eigenvalue weighted by Gasteiger charge is 2.42. The van der Waals surface area contributed by atoms with Crippen molar-refractivity contribution in [2.45, 2.75) is 70.3 Å². The number of anilines is 1. The zero-order valence-corrected chi connectivity index (χ0v) is 24.6. The summed E-state index contributed by atoms with van der Waals surface area (Å²) in [5, 5.41) is 3.41. The fourth-order valence-corrected chi connectivity index (χ4v) is 6.31. The van der Waals surface area contributed by atoms with Crippen molar-refractivity contribution in [3.05, 3.63) is 94.6 Å². The van der Waals surface area contributed by atoms with E-state index in [4.69, 9.17) is 4.74 Å². The Hall–Kier alpha value is -3.17. The van der Waals surface area contributed by atoms with E-state index >= 15 is 8.78 Å². The molecule has 1 saturated heterocycles. The van der Waals surface area contributed by atoms with Gasteiger partial charge in [-0.2, -0.15) is 13.2 Å². The van der Waals surface area contributed by atoms with E-state index in [9.17, 15) is 13.2 Å². The standard InChI is InChI=1S/C34H40F5N3O/c1-24-18-26-19-28(43-22-25-10-5-4-6-11-25)12-13-29(26)33(42(24)23-34(37,38)39)32-30(35)20-27(21-31(32)36)41-16-8-3-2-7-14-40-15-9-17-41/h4-6,10-13,19-21,24,33,40H,2-3,7-9,14-18,22-23H2,1H3/t24-,33?/m1/s1. The van der Waals surface area contributed by atoms with Crippen LogP contribution in [0.15, 0.2) is 60.7 Å². The topological polar surface area (TPSA) is 27.7 Å². The summed E-state index contributed by atoms with van der Waals surface area (Å²) in [5.74, 6) is -1.10. The second kappa shape index (κ2) is 14.1. The maximum Gasteiger partial charge on any atom is 0.401 e. The van der Waals surface area contributed by atoms with Gasteiger partial charge in [0.1, 0.15) is 24.0 Å². The van der Waals surface area contributed by atoms with Gasteiger partial charge in [-0.25, -0.2) is 8.78 Å². The normalized spacial score (nSPS) is 20.7. The minimum absolute atomic E-state index is 0.299. The molecule has 2 aliphatic heterocycles. The van der Waals surface area contributed by atoms with Crippen LogP contribution in [0.25, 0.3) is 0 Å². The summed E-state index contributed by atoms with van der Waals surface area (Å²) in [6, 6.07) is 15.5. The van der Waals surface area contributed by atoms with E-state index in [0.29, 0.717) is 43.1 Å². The second-order valence-electron chi connectivity index (χ2n) is 11.7. The third-order valence-electron chi connectivity index (χ3n) is 8.45. The zero-order valence-electron chi connectivity index (χ0n) is 24.6. The molecule has 9 heteroatoms. The summed E-state index contributed by atoms with van der Waals surface area (Å²) in [6.45, 7) is 3.83. The van der Waals surface area contributed by atoms with Gasteiger partial charge in [-0.1, -0.05) is 49.2 Å². The zero-order chi connectivity index (χ0) is 30.4. The van der Waals surface area contributed by atoms with Crippen LogP contribution in [0, 0.1) is 11.6 Å². The Morgan fingerprint density at radius 1 is 0.860 bits per heavy atom. The molecule has 0 saturated carbocycles. The number of hydrogen-bond donors (Lipinski definition) is 1. The van der Waals surface area contributed by atoms with Crippen LogP contribution in [-0.4, -0.2) is 49.8 Å². The molecule has 5 rings (SSSR count). The average molecular weight is 602 g/mol. The lowest BCUT2D eigenvalue weighted by Gasteiger charge is -2.42. The maximum absolute atomic E-state index is 16.0. The van der Waals surface area contributed by atoms with Crippen molar-refractivity contribution in [2.24, 2.45) is 0 Å². The lowest BCUT2D eigenvalue weighted by Crippen LogP contribution is -2.47. The fourth-order valence-electron chi connectivity index (χ4n) is 6.31. The SMILES string of the molecule is C[C@@H]1Cc2cc(OCc3ccccc3)ccc2C(c2c(F)cc(N3CCCCCCNCCC3)cc2F)N1CC(F)(F)F. The van der Waals surface area contributed by atoms with Crippen molar-refractivity contribution >= 4 is 5.69 Å². The van der Waals surface area contributed by atoms with Crippen LogP contribution < -0.4 is 15.0 Å². The first-order chi connectivity index (χ1) is 20.7. The van der Waals surface area contributed by atoms with Gasteiger partial charge in [0.15, 0.2) is 0 Å². The lowest BCUT2D eigenvalue weighted by atomic mass is 9.84. The minimum Gasteiger partial charge on any atom is -0.489 e. The molecule has 232 valence electrons. The molecule has 4 nitrogen and oxygen atoms in total. The molecular formula is C34H40F5N3O. The van der Waals surface area contributed by atoms with Gasteiger partial charge < -0.3 is 15.0 Å². The van der Waals surface area contributed by atoms with E-state index in [0.717, 1.165) is 56.3 Å². The largest absolute Gasteiger partial charge is 0.489 e. The van der Waals surface area contributed by atoms with Crippen LogP contribution in [-0.2, 0) is 13.0 Å². The monoisotopic (exact) mass is 601 g/mol. The molecule has 0 bridgehead atoms. The predicted octanol–water partition coefficient (Wildman–Crippen LogP) is 7.80. The number of ether oxygens (including phenoxy) is 1. The van der Waals surface area contributed by atoms with Gasteiger partial charge in [-0.05, 0) is 86.7 Å². The van der Waals surface area contributed by atoms with Gasteiger partial charge in [0.2, 0.25) is 0 Å². The Balaban J connectivity index is 1.48. The summed E-state index contributed by atoms with van der Waals surface area (Å²) >= 11 is 0. The first-order valence-corrected chi connectivity index (χ1v) is 15.3. The van der Waals surface area contributed by atoms with E-state index in [1.807, 2.05) is 35.2 Å². The number of alkyl halides is 3. The van der Waals surface area contributed by atoms with Gasteiger partial charge in [0, 0.05) is 30.4 Å². The predicted molar refractivity (Wildman–Crippen MR) is 160 cm³/mol. The Labute approximate surface area is 250 Å². The molecule has 2 atom stereocenters. The molecule has 2 aliphatic rings. The molecule has 3 aromatic carbocycles. The van der Waals surface area contributed by atoms with E-state index in [1.54, 1.807) is 25.1 Å². The van der Waals surface area contributed by atoms with Gasteiger partial charge >= 0.3 is 6.18 Å². The van der Waals surface area contributed by atoms with Crippen molar-refractivity contribution in [2.75, 3.05) is 37.6 Å². The van der Waals surface area contributed by atoms with E-state index < -0.39 is 36.4 Å². The van der Waals surface area contributed by atoms with E-state index in [2.05, 4.69) is 5.32 Å². The van der Waals surface area contributed by atoms with Gasteiger partial charge in [0.25, 0.3) is 0 Å². The quantitative estimate of drug-likeness (QED) is 0.292. The summed E-state index contributed by atoms with van der Waals surface area (Å²) in [5.41, 5.74) is 2.24. The Morgan fingerprint density at radius 2 is 1.56 bits per heavy atom. The van der Waals surface area contributed by atoms with E-state index in [1.165, 1.54) is 17.0 Å². The Morgan fingerprint density at radius 3 is 2.30 bits per heavy atom. The molecule has 3 aromatic rings. The number of nitrogens with one attached hydrogen (secondary N) is 1. The number of rotatable bonds is 6. The van der Waals surface area contributed by atoms with Gasteiger partial charge in [-0.3, -0.25) is 4.90 Å². The van der Waals surface area contributed by atoms with Crippen LogP contribution in [0.5, 0.6) is 5.75 Å². The summed E-state index contributed by atoms with van der Waals surface area (Å²) in [6.07, 6.45) is 0.725. The number of halogens is 5. The van der Waals surface area contributed by atoms with E-state index in [-0.39, 0.29) is 5.56 Å². The first kappa shape index (κ1) is 31.3. The molecule has 0 aromatic heterocycles. The van der Waals surface area contributed by atoms with Crippen LogP contribution in [0.3, 0.4) is 0 Å². The molecule has 43 heavy (non-hydrogen) atoms. The summed E-state index contributed by atoms with van der Waals surface area (Å²) in [4.78, 5) is 3.16. The minimum atomic E-state index is -4.54. The van der Waals surface area contributed by atoms with Crippen molar-refractivity contribution in [1.82, 2.24) is 10.2 Å². The van der Waals surface area contributed by atoms with Crippen molar-refractivity contribution in [1.29, 1.82) is 0 Å². The molecule has 0 spiro atoms. The Bertz CT molecular complexity index is 1310. The van der Waals surface area contributed by atoms with Crippen LogP contribution >= 0.6 is 0 Å². The third-order valence-corrected chi connectivity index (χ3v) is 8.45. The number of benzene rings is 3. The molecule has 0 aliphatic carbocycles. The average Bonchev–Trinajstić information content (AvgIpc) is 3.03. The molecule has 1 N–H and O–H groups in total. The lowest BCUT2D eigenvalue weighted by molar-refractivity contribution is -0.155. The van der Waals surface area contributed by atoms with Gasteiger partial charge in [-0.15, -0.1) is 0 Å². The summed E-state index contributed by atoms with van der Waals surface area (Å²) in [7, 11) is 0. The van der Waals surface area contributed by atoms with Crippen molar-refractivity contribution in [3.8, 4) is 5.75 Å². The fraction of sp³-hybridized carbons (Fsp3) is 0.471. The Kier molecular flexibility index (Phi) is 10.2. The van der Waals surface area contributed by atoms with Crippen molar-refractivity contribution < 1.29 is 26.7 Å². The first-order valence-electron chi connectivity index (χ1n) is 15.3.